The number of halogens is 4. The summed E-state index contributed by atoms with van der Waals surface area (Å²) in [5.74, 6) is 5.44. The van der Waals surface area contributed by atoms with Crippen molar-refractivity contribution in [2.75, 3.05) is 0 Å². The number of nitrogens with one attached hydrogen (secondary N) is 1. The van der Waals surface area contributed by atoms with Crippen LogP contribution in [0.1, 0.15) is 22.2 Å². The fourth-order valence-electron chi connectivity index (χ4n) is 1.68. The van der Waals surface area contributed by atoms with Gasteiger partial charge in [-0.1, -0.05) is 11.6 Å². The van der Waals surface area contributed by atoms with Crippen LogP contribution in [0.2, 0.25) is 5.02 Å². The summed E-state index contributed by atoms with van der Waals surface area (Å²) < 4.78 is 37.4. The van der Waals surface area contributed by atoms with E-state index in [1.165, 1.54) is 17.4 Å². The van der Waals surface area contributed by atoms with Crippen molar-refractivity contribution in [1.29, 1.82) is 0 Å². The summed E-state index contributed by atoms with van der Waals surface area (Å²) in [6, 6.07) is 3.67. The highest BCUT2D eigenvalue weighted by Crippen LogP contribution is 2.30. The van der Waals surface area contributed by atoms with Crippen LogP contribution in [0.5, 0.6) is 0 Å². The molecule has 2 aromatic heterocycles. The van der Waals surface area contributed by atoms with Gasteiger partial charge in [0.2, 0.25) is 0 Å². The maximum Gasteiger partial charge on any atom is 0.417 e. The Hall–Kier alpha value is -1.15. The summed E-state index contributed by atoms with van der Waals surface area (Å²) in [6.45, 7) is 0. The SMILES string of the molecule is NNC(Cc1sccc1Cl)c1ccc(C(F)(F)F)cn1. The Morgan fingerprint density at radius 3 is 2.55 bits per heavy atom. The number of alkyl halides is 3. The normalized spacial score (nSPS) is 13.4. The zero-order chi connectivity index (χ0) is 14.8. The van der Waals surface area contributed by atoms with E-state index in [4.69, 9.17) is 17.4 Å². The number of aromatic nitrogens is 1. The van der Waals surface area contributed by atoms with Crippen molar-refractivity contribution in [1.82, 2.24) is 10.4 Å². The Bertz CT molecular complexity index is 568. The van der Waals surface area contributed by atoms with Gasteiger partial charge in [0, 0.05) is 17.5 Å². The summed E-state index contributed by atoms with van der Waals surface area (Å²) in [6.07, 6.45) is -3.13. The summed E-state index contributed by atoms with van der Waals surface area (Å²) >= 11 is 7.45. The molecule has 0 aliphatic heterocycles. The largest absolute Gasteiger partial charge is 0.417 e. The van der Waals surface area contributed by atoms with Crippen molar-refractivity contribution in [3.63, 3.8) is 0 Å². The van der Waals surface area contributed by atoms with Gasteiger partial charge in [-0.3, -0.25) is 16.3 Å². The highest BCUT2D eigenvalue weighted by Gasteiger charge is 2.31. The molecule has 2 rings (SSSR count). The molecule has 0 amide bonds. The molecular weight excluding hydrogens is 311 g/mol. The first-order valence-electron chi connectivity index (χ1n) is 5.63. The molecule has 0 fully saturated rings. The minimum Gasteiger partial charge on any atom is -0.271 e. The second kappa shape index (κ2) is 6.09. The van der Waals surface area contributed by atoms with E-state index in [0.29, 0.717) is 17.1 Å². The molecule has 0 radical (unpaired) electrons. The number of rotatable bonds is 4. The topological polar surface area (TPSA) is 50.9 Å². The van der Waals surface area contributed by atoms with Gasteiger partial charge in [-0.15, -0.1) is 11.3 Å². The van der Waals surface area contributed by atoms with Gasteiger partial charge in [0.05, 0.1) is 22.3 Å². The Kier molecular flexibility index (Phi) is 4.64. The van der Waals surface area contributed by atoms with Crippen molar-refractivity contribution in [2.45, 2.75) is 18.6 Å². The van der Waals surface area contributed by atoms with E-state index in [2.05, 4.69) is 10.4 Å². The van der Waals surface area contributed by atoms with Crippen molar-refractivity contribution in [3.8, 4) is 0 Å². The number of hydrogen-bond acceptors (Lipinski definition) is 4. The summed E-state index contributed by atoms with van der Waals surface area (Å²) in [5.41, 5.74) is 2.20. The minimum absolute atomic E-state index is 0.395. The van der Waals surface area contributed by atoms with Gasteiger partial charge in [0.25, 0.3) is 0 Å². The molecule has 0 aliphatic rings. The van der Waals surface area contributed by atoms with Gasteiger partial charge >= 0.3 is 6.18 Å². The third kappa shape index (κ3) is 3.49. The molecule has 2 heterocycles. The van der Waals surface area contributed by atoms with Crippen LogP contribution in [0.3, 0.4) is 0 Å². The van der Waals surface area contributed by atoms with E-state index in [9.17, 15) is 13.2 Å². The molecule has 0 saturated heterocycles. The molecule has 0 bridgehead atoms. The Balaban J connectivity index is 2.18. The van der Waals surface area contributed by atoms with Crippen LogP contribution in [0.4, 0.5) is 13.2 Å². The van der Waals surface area contributed by atoms with Crippen LogP contribution in [-0.4, -0.2) is 4.98 Å². The minimum atomic E-state index is -4.39. The first kappa shape index (κ1) is 15.2. The monoisotopic (exact) mass is 321 g/mol. The zero-order valence-electron chi connectivity index (χ0n) is 10.1. The molecule has 20 heavy (non-hydrogen) atoms. The van der Waals surface area contributed by atoms with E-state index in [1.54, 1.807) is 6.07 Å². The van der Waals surface area contributed by atoms with Gasteiger partial charge in [0.15, 0.2) is 0 Å². The van der Waals surface area contributed by atoms with Crippen molar-refractivity contribution < 1.29 is 13.2 Å². The lowest BCUT2D eigenvalue weighted by atomic mass is 10.1. The molecule has 0 aromatic carbocycles. The average Bonchev–Trinajstić information content (AvgIpc) is 2.80. The van der Waals surface area contributed by atoms with Crippen LogP contribution in [0, 0.1) is 0 Å². The van der Waals surface area contributed by atoms with E-state index in [0.717, 1.165) is 17.1 Å². The van der Waals surface area contributed by atoms with Gasteiger partial charge < -0.3 is 0 Å². The lowest BCUT2D eigenvalue weighted by Crippen LogP contribution is -2.30. The van der Waals surface area contributed by atoms with E-state index in [-0.39, 0.29) is 0 Å². The number of nitrogens with two attached hydrogens (primary N) is 1. The van der Waals surface area contributed by atoms with Crippen LogP contribution < -0.4 is 11.3 Å². The third-order valence-corrected chi connectivity index (χ3v) is 4.16. The zero-order valence-corrected chi connectivity index (χ0v) is 11.7. The Labute approximate surface area is 122 Å². The standard InChI is InChI=1S/C12H11ClF3N3S/c13-8-3-4-20-11(8)5-10(19-17)9-2-1-7(6-18-9)12(14,15)16/h1-4,6,10,19H,5,17H2. The lowest BCUT2D eigenvalue weighted by Gasteiger charge is -2.15. The first-order chi connectivity index (χ1) is 9.41. The quantitative estimate of drug-likeness (QED) is 0.668. The summed E-state index contributed by atoms with van der Waals surface area (Å²) in [7, 11) is 0. The van der Waals surface area contributed by atoms with Gasteiger partial charge in [-0.25, -0.2) is 0 Å². The molecule has 3 nitrogen and oxygen atoms in total. The molecule has 108 valence electrons. The molecule has 0 spiro atoms. The van der Waals surface area contributed by atoms with Crippen LogP contribution >= 0.6 is 22.9 Å². The molecule has 1 unspecified atom stereocenters. The summed E-state index contributed by atoms with van der Waals surface area (Å²) in [4.78, 5) is 4.72. The van der Waals surface area contributed by atoms with E-state index in [1.807, 2.05) is 5.38 Å². The van der Waals surface area contributed by atoms with Crippen molar-refractivity contribution >= 4 is 22.9 Å². The van der Waals surface area contributed by atoms with Gasteiger partial charge in [-0.2, -0.15) is 13.2 Å². The number of thiophene rings is 1. The lowest BCUT2D eigenvalue weighted by molar-refractivity contribution is -0.137. The van der Waals surface area contributed by atoms with Crippen molar-refractivity contribution in [3.05, 3.63) is 50.9 Å². The Morgan fingerprint density at radius 2 is 2.10 bits per heavy atom. The van der Waals surface area contributed by atoms with Gasteiger partial charge in [0.1, 0.15) is 0 Å². The molecule has 8 heteroatoms. The highest BCUT2D eigenvalue weighted by atomic mass is 35.5. The predicted octanol–water partition coefficient (Wildman–Crippen LogP) is 3.56. The van der Waals surface area contributed by atoms with Crippen LogP contribution in [0.15, 0.2) is 29.8 Å². The molecule has 3 N–H and O–H groups in total. The molecule has 0 saturated carbocycles. The smallest absolute Gasteiger partial charge is 0.271 e. The number of hydrazine groups is 1. The van der Waals surface area contributed by atoms with Crippen LogP contribution in [-0.2, 0) is 12.6 Å². The Morgan fingerprint density at radius 1 is 1.35 bits per heavy atom. The number of pyridine rings is 1. The second-order valence-electron chi connectivity index (χ2n) is 4.08. The second-order valence-corrected chi connectivity index (χ2v) is 5.49. The van der Waals surface area contributed by atoms with Gasteiger partial charge in [-0.05, 0) is 23.6 Å². The third-order valence-electron chi connectivity index (χ3n) is 2.75. The van der Waals surface area contributed by atoms with Crippen LogP contribution in [0.25, 0.3) is 0 Å². The average molecular weight is 322 g/mol. The first-order valence-corrected chi connectivity index (χ1v) is 6.88. The maximum absolute atomic E-state index is 12.5. The fraction of sp³-hybridized carbons (Fsp3) is 0.250. The van der Waals surface area contributed by atoms with E-state index < -0.39 is 17.8 Å². The number of hydrogen-bond donors (Lipinski definition) is 2. The maximum atomic E-state index is 12.5. The molecular formula is C12H11ClF3N3S. The summed E-state index contributed by atoms with van der Waals surface area (Å²) in [5, 5.41) is 2.45. The van der Waals surface area contributed by atoms with Crippen molar-refractivity contribution in [2.24, 2.45) is 5.84 Å². The highest BCUT2D eigenvalue weighted by molar-refractivity contribution is 7.10. The predicted molar refractivity (Wildman–Crippen MR) is 72.3 cm³/mol. The van der Waals surface area contributed by atoms with E-state index >= 15 is 0 Å². The molecule has 0 aliphatic carbocycles. The number of nitrogens with zero attached hydrogens (tertiary/aromatic N) is 1. The molecule has 2 aromatic rings. The molecule has 1 atom stereocenters. The fourth-order valence-corrected chi connectivity index (χ4v) is 2.84.